The molecule has 0 aliphatic rings. The second-order valence-corrected chi connectivity index (χ2v) is 7.28. The number of thioether (sulfide) groups is 1. The topological polar surface area (TPSA) is 52.2 Å². The molecule has 2 aromatic heterocycles. The molecule has 0 amide bonds. The normalized spacial score (nSPS) is 11.4. The average molecular weight is 364 g/mol. The predicted octanol–water partition coefficient (Wildman–Crippen LogP) is 3.98. The fourth-order valence-electron chi connectivity index (χ4n) is 3.04. The van der Waals surface area contributed by atoms with Gasteiger partial charge in [0.25, 0.3) is 5.56 Å². The summed E-state index contributed by atoms with van der Waals surface area (Å²) in [6.45, 7) is 2.65. The number of aromatic nitrogens is 4. The predicted molar refractivity (Wildman–Crippen MR) is 106 cm³/mol. The van der Waals surface area contributed by atoms with Crippen LogP contribution in [0.15, 0.2) is 64.5 Å². The summed E-state index contributed by atoms with van der Waals surface area (Å²) in [5.41, 5.74) is 1.89. The maximum absolute atomic E-state index is 13.1. The van der Waals surface area contributed by atoms with Gasteiger partial charge in [0.05, 0.1) is 17.4 Å². The van der Waals surface area contributed by atoms with Gasteiger partial charge in [-0.05, 0) is 24.1 Å². The molecule has 0 bridgehead atoms. The van der Waals surface area contributed by atoms with Crippen molar-refractivity contribution in [3.8, 4) is 0 Å². The van der Waals surface area contributed by atoms with E-state index in [4.69, 9.17) is 0 Å². The quantitative estimate of drug-likeness (QED) is 0.383. The van der Waals surface area contributed by atoms with Crippen LogP contribution in [-0.2, 0) is 6.54 Å². The monoisotopic (exact) mass is 364 g/mol. The van der Waals surface area contributed by atoms with Crippen molar-refractivity contribution in [2.24, 2.45) is 0 Å². The van der Waals surface area contributed by atoms with Crippen LogP contribution in [0.3, 0.4) is 0 Å². The van der Waals surface area contributed by atoms with E-state index in [0.29, 0.717) is 17.7 Å². The van der Waals surface area contributed by atoms with E-state index >= 15 is 0 Å². The fourth-order valence-corrected chi connectivity index (χ4v) is 4.07. The molecule has 2 aromatic carbocycles. The Hall–Kier alpha value is -2.60. The molecule has 0 fully saturated rings. The van der Waals surface area contributed by atoms with Crippen LogP contribution < -0.4 is 5.56 Å². The Morgan fingerprint density at radius 3 is 2.58 bits per heavy atom. The second-order valence-electron chi connectivity index (χ2n) is 6.21. The first kappa shape index (κ1) is 16.8. The first-order valence-electron chi connectivity index (χ1n) is 8.83. The molecule has 0 unspecified atom stereocenters. The highest BCUT2D eigenvalue weighted by Crippen LogP contribution is 2.22. The summed E-state index contributed by atoms with van der Waals surface area (Å²) >= 11 is 1.69. The smallest absolute Gasteiger partial charge is 0.263 e. The van der Waals surface area contributed by atoms with Gasteiger partial charge in [-0.3, -0.25) is 13.8 Å². The van der Waals surface area contributed by atoms with E-state index in [0.717, 1.165) is 34.8 Å². The van der Waals surface area contributed by atoms with Crippen molar-refractivity contribution >= 4 is 28.4 Å². The van der Waals surface area contributed by atoms with Gasteiger partial charge in [0.2, 0.25) is 5.78 Å². The highest BCUT2D eigenvalue weighted by atomic mass is 32.2. The molecule has 6 heteroatoms. The number of hydrogen-bond donors (Lipinski definition) is 0. The Bertz CT molecular complexity index is 1100. The molecule has 0 N–H and O–H groups in total. The van der Waals surface area contributed by atoms with Crippen molar-refractivity contribution in [2.75, 3.05) is 5.75 Å². The molecule has 0 saturated heterocycles. The van der Waals surface area contributed by atoms with Crippen LogP contribution in [-0.4, -0.2) is 24.9 Å². The van der Waals surface area contributed by atoms with Gasteiger partial charge < -0.3 is 0 Å². The summed E-state index contributed by atoms with van der Waals surface area (Å²) in [4.78, 5) is 13.1. The summed E-state index contributed by atoms with van der Waals surface area (Å²) in [6.07, 6.45) is 2.27. The maximum atomic E-state index is 13.1. The lowest BCUT2D eigenvalue weighted by Crippen LogP contribution is -2.24. The lowest BCUT2D eigenvalue weighted by atomic mass is 10.2. The Morgan fingerprint density at radius 1 is 1.00 bits per heavy atom. The molecule has 0 atom stereocenters. The van der Waals surface area contributed by atoms with Crippen LogP contribution in [0, 0.1) is 0 Å². The SMILES string of the molecule is CCCCSc1nnc2n(Cc3ccccc3)c(=O)c3ccccc3n12. The molecular weight excluding hydrogens is 344 g/mol. The lowest BCUT2D eigenvalue weighted by Gasteiger charge is -2.11. The Kier molecular flexibility index (Phi) is 4.75. The maximum Gasteiger partial charge on any atom is 0.263 e. The fraction of sp³-hybridized carbons (Fsp3) is 0.250. The van der Waals surface area contributed by atoms with Crippen LogP contribution in [0.2, 0.25) is 0 Å². The molecule has 5 nitrogen and oxygen atoms in total. The largest absolute Gasteiger partial charge is 0.272 e. The second kappa shape index (κ2) is 7.33. The summed E-state index contributed by atoms with van der Waals surface area (Å²) in [6, 6.07) is 17.7. The molecule has 132 valence electrons. The van der Waals surface area contributed by atoms with E-state index in [1.54, 1.807) is 16.3 Å². The van der Waals surface area contributed by atoms with Gasteiger partial charge in [-0.15, -0.1) is 10.2 Å². The zero-order valence-electron chi connectivity index (χ0n) is 14.6. The number of hydrogen-bond acceptors (Lipinski definition) is 4. The summed E-state index contributed by atoms with van der Waals surface area (Å²) in [5, 5.41) is 10.3. The average Bonchev–Trinajstić information content (AvgIpc) is 3.10. The van der Waals surface area contributed by atoms with Gasteiger partial charge in [-0.25, -0.2) is 0 Å². The van der Waals surface area contributed by atoms with Crippen molar-refractivity contribution in [1.82, 2.24) is 19.2 Å². The van der Waals surface area contributed by atoms with Gasteiger partial charge in [0.15, 0.2) is 5.16 Å². The third-order valence-corrected chi connectivity index (χ3v) is 5.41. The van der Waals surface area contributed by atoms with Gasteiger partial charge in [-0.1, -0.05) is 67.6 Å². The third kappa shape index (κ3) is 3.01. The highest BCUT2D eigenvalue weighted by Gasteiger charge is 2.16. The number of para-hydroxylation sites is 1. The van der Waals surface area contributed by atoms with Crippen LogP contribution >= 0.6 is 11.8 Å². The minimum absolute atomic E-state index is 0.0329. The number of rotatable bonds is 6. The molecule has 0 aliphatic carbocycles. The van der Waals surface area contributed by atoms with Crippen molar-refractivity contribution in [3.63, 3.8) is 0 Å². The van der Waals surface area contributed by atoms with Gasteiger partial charge in [-0.2, -0.15) is 0 Å². The summed E-state index contributed by atoms with van der Waals surface area (Å²) in [7, 11) is 0. The number of fused-ring (bicyclic) bond motifs is 3. The number of nitrogens with zero attached hydrogens (tertiary/aromatic N) is 4. The van der Waals surface area contributed by atoms with Crippen molar-refractivity contribution in [1.29, 1.82) is 0 Å². The van der Waals surface area contributed by atoms with Crippen LogP contribution in [0.4, 0.5) is 0 Å². The van der Waals surface area contributed by atoms with Gasteiger partial charge in [0, 0.05) is 5.75 Å². The van der Waals surface area contributed by atoms with Crippen LogP contribution in [0.25, 0.3) is 16.7 Å². The summed E-state index contributed by atoms with van der Waals surface area (Å²) in [5.74, 6) is 1.58. The Labute approximate surface area is 155 Å². The van der Waals surface area contributed by atoms with Crippen molar-refractivity contribution < 1.29 is 0 Å². The lowest BCUT2D eigenvalue weighted by molar-refractivity contribution is 0.764. The number of unbranched alkanes of at least 4 members (excludes halogenated alkanes) is 1. The molecule has 26 heavy (non-hydrogen) atoms. The zero-order valence-corrected chi connectivity index (χ0v) is 15.4. The van der Waals surface area contributed by atoms with Crippen molar-refractivity contribution in [2.45, 2.75) is 31.5 Å². The van der Waals surface area contributed by atoms with Crippen LogP contribution in [0.1, 0.15) is 25.3 Å². The highest BCUT2D eigenvalue weighted by molar-refractivity contribution is 7.99. The molecule has 0 saturated carbocycles. The van der Waals surface area contributed by atoms with E-state index in [2.05, 4.69) is 17.1 Å². The summed E-state index contributed by atoms with van der Waals surface area (Å²) < 4.78 is 3.73. The standard InChI is InChI=1S/C20H20N4OS/c1-2-3-13-26-20-22-21-19-23(14-15-9-5-4-6-10-15)18(25)16-11-7-8-12-17(16)24(19)20/h4-12H,2-3,13-14H2,1H3. The zero-order chi connectivity index (χ0) is 17.9. The minimum Gasteiger partial charge on any atom is -0.272 e. The number of benzene rings is 2. The van der Waals surface area contributed by atoms with E-state index in [9.17, 15) is 4.79 Å². The first-order chi connectivity index (χ1) is 12.8. The van der Waals surface area contributed by atoms with Crippen molar-refractivity contribution in [3.05, 3.63) is 70.5 Å². The Balaban J connectivity index is 1.92. The molecule has 4 rings (SSSR count). The van der Waals surface area contributed by atoms with E-state index in [1.807, 2.05) is 59.0 Å². The van der Waals surface area contributed by atoms with E-state index in [-0.39, 0.29) is 5.56 Å². The van der Waals surface area contributed by atoms with Gasteiger partial charge >= 0.3 is 0 Å². The third-order valence-electron chi connectivity index (χ3n) is 4.39. The molecule has 0 spiro atoms. The molecule has 0 radical (unpaired) electrons. The molecule has 2 heterocycles. The van der Waals surface area contributed by atoms with E-state index in [1.165, 1.54) is 0 Å². The molecule has 4 aromatic rings. The van der Waals surface area contributed by atoms with Gasteiger partial charge in [0.1, 0.15) is 0 Å². The first-order valence-corrected chi connectivity index (χ1v) is 9.81. The van der Waals surface area contributed by atoms with E-state index < -0.39 is 0 Å². The molecule has 0 aliphatic heterocycles. The minimum atomic E-state index is -0.0329. The van der Waals surface area contributed by atoms with Crippen LogP contribution in [0.5, 0.6) is 0 Å². The Morgan fingerprint density at radius 2 is 1.77 bits per heavy atom. The molecular formula is C20H20N4OS.